The van der Waals surface area contributed by atoms with Crippen molar-refractivity contribution in [1.29, 1.82) is 0 Å². The van der Waals surface area contributed by atoms with E-state index >= 15 is 0 Å². The number of β-amino-alcohol motifs (C(OH)–C–C–N with tert-alkyl or cyclic N) is 1. The van der Waals surface area contributed by atoms with Gasteiger partial charge in [0.15, 0.2) is 0 Å². The van der Waals surface area contributed by atoms with Crippen molar-refractivity contribution in [3.05, 3.63) is 0 Å². The lowest BCUT2D eigenvalue weighted by atomic mass is 9.49. The Labute approximate surface area is 153 Å². The van der Waals surface area contributed by atoms with Crippen LogP contribution < -0.4 is 0 Å². The summed E-state index contributed by atoms with van der Waals surface area (Å²) in [4.78, 5) is 2.31. The minimum Gasteiger partial charge on any atom is -0.389 e. The van der Waals surface area contributed by atoms with Crippen molar-refractivity contribution in [1.82, 2.24) is 4.90 Å². The molecule has 5 aliphatic rings. The third kappa shape index (κ3) is 4.40. The molecule has 4 saturated carbocycles. The van der Waals surface area contributed by atoms with Crippen molar-refractivity contribution in [2.24, 2.45) is 23.2 Å². The molecule has 3 atom stereocenters. The van der Waals surface area contributed by atoms with E-state index in [4.69, 9.17) is 9.47 Å². The number of hydrogen-bond donors (Lipinski definition) is 1. The molecule has 0 amide bonds. The summed E-state index contributed by atoms with van der Waals surface area (Å²) >= 11 is 0. The predicted octanol–water partition coefficient (Wildman–Crippen LogP) is 3.08. The maximum Gasteiger partial charge on any atom is 0.0900 e. The molecule has 0 unspecified atom stereocenters. The van der Waals surface area contributed by atoms with E-state index in [1.54, 1.807) is 0 Å². The van der Waals surface area contributed by atoms with Gasteiger partial charge in [-0.3, -0.25) is 4.90 Å². The van der Waals surface area contributed by atoms with Crippen LogP contribution in [0.15, 0.2) is 0 Å². The number of rotatable bonds is 7. The van der Waals surface area contributed by atoms with Gasteiger partial charge in [0.05, 0.1) is 24.9 Å². The van der Waals surface area contributed by atoms with Crippen molar-refractivity contribution in [2.75, 3.05) is 32.8 Å². The van der Waals surface area contributed by atoms with Crippen LogP contribution in [-0.2, 0) is 9.47 Å². The first-order valence-corrected chi connectivity index (χ1v) is 10.6. The zero-order chi connectivity index (χ0) is 17.4. The fraction of sp³-hybridized carbons (Fsp3) is 1.00. The average molecular weight is 352 g/mol. The summed E-state index contributed by atoms with van der Waals surface area (Å²) in [6.07, 6.45) is 10.2. The number of hydrogen-bond acceptors (Lipinski definition) is 4. The summed E-state index contributed by atoms with van der Waals surface area (Å²) in [7, 11) is 0. The molecule has 0 aromatic heterocycles. The Morgan fingerprint density at radius 3 is 2.16 bits per heavy atom. The lowest BCUT2D eigenvalue weighted by Crippen LogP contribution is -2.48. The van der Waals surface area contributed by atoms with E-state index in [2.05, 4.69) is 18.7 Å². The molecule has 5 rings (SSSR count). The first-order chi connectivity index (χ1) is 12.0. The lowest BCUT2D eigenvalue weighted by molar-refractivity contribution is -0.0882. The van der Waals surface area contributed by atoms with Crippen LogP contribution in [0.4, 0.5) is 0 Å². The molecule has 4 aliphatic carbocycles. The Morgan fingerprint density at radius 1 is 1.04 bits per heavy atom. The summed E-state index contributed by atoms with van der Waals surface area (Å²) in [5, 5.41) is 10.3. The zero-order valence-electron chi connectivity index (χ0n) is 16.2. The zero-order valence-corrected chi connectivity index (χ0v) is 16.2. The van der Waals surface area contributed by atoms with Gasteiger partial charge in [-0.2, -0.15) is 0 Å². The van der Waals surface area contributed by atoms with Crippen LogP contribution in [0.25, 0.3) is 0 Å². The molecule has 0 aromatic carbocycles. The fourth-order valence-electron chi connectivity index (χ4n) is 6.89. The standard InChI is InChI=1S/C21H37NO3/c1-15-11-22(12-16(2)25-15)13-20(23)14-24-4-3-21-8-17-5-18(9-21)7-19(6-17)10-21/h15-20,23H,3-14H2,1-2H3/t15-,16+,17?,18?,19?,20-,21?/m0/s1. The maximum atomic E-state index is 10.3. The Bertz CT molecular complexity index is 409. The second kappa shape index (κ2) is 7.46. The van der Waals surface area contributed by atoms with Crippen molar-refractivity contribution >= 4 is 0 Å². The van der Waals surface area contributed by atoms with E-state index in [9.17, 15) is 5.11 Å². The highest BCUT2D eigenvalue weighted by atomic mass is 16.5. The molecule has 0 radical (unpaired) electrons. The minimum absolute atomic E-state index is 0.257. The summed E-state index contributed by atoms with van der Waals surface area (Å²) < 4.78 is 11.7. The van der Waals surface area contributed by atoms with E-state index in [0.717, 1.165) is 37.5 Å². The third-order valence-electron chi connectivity index (χ3n) is 7.22. The molecule has 0 aromatic rings. The van der Waals surface area contributed by atoms with Gasteiger partial charge in [0.1, 0.15) is 0 Å². The lowest BCUT2D eigenvalue weighted by Gasteiger charge is -2.57. The normalized spacial score (nSPS) is 45.0. The monoisotopic (exact) mass is 351 g/mol. The summed E-state index contributed by atoms with van der Waals surface area (Å²) in [6.45, 7) is 8.05. The van der Waals surface area contributed by atoms with E-state index < -0.39 is 0 Å². The molecule has 1 saturated heterocycles. The molecule has 5 fully saturated rings. The Morgan fingerprint density at radius 2 is 1.60 bits per heavy atom. The Hall–Kier alpha value is -0.160. The molecule has 4 bridgehead atoms. The molecule has 1 aliphatic heterocycles. The molecule has 1 heterocycles. The highest BCUT2D eigenvalue weighted by molar-refractivity contribution is 5.01. The minimum atomic E-state index is -0.381. The topological polar surface area (TPSA) is 41.9 Å². The molecule has 1 N–H and O–H groups in total. The smallest absolute Gasteiger partial charge is 0.0900 e. The maximum absolute atomic E-state index is 10.3. The van der Waals surface area contributed by atoms with Crippen LogP contribution in [0, 0.1) is 23.2 Å². The number of ether oxygens (including phenoxy) is 2. The van der Waals surface area contributed by atoms with Gasteiger partial charge in [0.2, 0.25) is 0 Å². The number of morpholine rings is 1. The van der Waals surface area contributed by atoms with Gasteiger partial charge in [-0.25, -0.2) is 0 Å². The molecule has 144 valence electrons. The van der Waals surface area contributed by atoms with Crippen LogP contribution in [-0.4, -0.2) is 61.2 Å². The highest BCUT2D eigenvalue weighted by Gasteiger charge is 2.50. The second-order valence-corrected chi connectivity index (χ2v) is 9.87. The van der Waals surface area contributed by atoms with Crippen molar-refractivity contribution in [3.63, 3.8) is 0 Å². The van der Waals surface area contributed by atoms with Crippen molar-refractivity contribution in [3.8, 4) is 0 Å². The van der Waals surface area contributed by atoms with E-state index in [1.807, 2.05) is 0 Å². The number of aliphatic hydroxyl groups is 1. The van der Waals surface area contributed by atoms with Gasteiger partial charge in [-0.15, -0.1) is 0 Å². The molecule has 4 heteroatoms. The van der Waals surface area contributed by atoms with Crippen LogP contribution in [0.1, 0.15) is 58.8 Å². The number of aliphatic hydroxyl groups excluding tert-OH is 1. The fourth-order valence-corrected chi connectivity index (χ4v) is 6.89. The molecule has 0 spiro atoms. The van der Waals surface area contributed by atoms with Gasteiger partial charge in [0, 0.05) is 26.2 Å². The van der Waals surface area contributed by atoms with Gasteiger partial charge < -0.3 is 14.6 Å². The van der Waals surface area contributed by atoms with Gasteiger partial charge in [-0.1, -0.05) is 0 Å². The van der Waals surface area contributed by atoms with Crippen LogP contribution in [0.3, 0.4) is 0 Å². The SMILES string of the molecule is C[C@@H]1CN(C[C@H](O)COCCC23CC4CC(CC(C4)C2)C3)C[C@H](C)O1. The van der Waals surface area contributed by atoms with Crippen LogP contribution in [0.5, 0.6) is 0 Å². The predicted molar refractivity (Wildman–Crippen MR) is 98.5 cm³/mol. The van der Waals surface area contributed by atoms with Crippen molar-refractivity contribution in [2.45, 2.75) is 77.1 Å². The van der Waals surface area contributed by atoms with E-state index in [1.165, 1.54) is 44.9 Å². The molecule has 4 nitrogen and oxygen atoms in total. The summed E-state index contributed by atoms with van der Waals surface area (Å²) in [6, 6.07) is 0. The van der Waals surface area contributed by atoms with Gasteiger partial charge in [0.25, 0.3) is 0 Å². The van der Waals surface area contributed by atoms with Crippen LogP contribution in [0.2, 0.25) is 0 Å². The summed E-state index contributed by atoms with van der Waals surface area (Å²) in [5.74, 6) is 3.05. The van der Waals surface area contributed by atoms with Crippen molar-refractivity contribution < 1.29 is 14.6 Å². The summed E-state index contributed by atoms with van der Waals surface area (Å²) in [5.41, 5.74) is 0.592. The first-order valence-electron chi connectivity index (χ1n) is 10.6. The van der Waals surface area contributed by atoms with Gasteiger partial charge >= 0.3 is 0 Å². The molecular weight excluding hydrogens is 314 g/mol. The quantitative estimate of drug-likeness (QED) is 0.716. The van der Waals surface area contributed by atoms with E-state index in [0.29, 0.717) is 18.6 Å². The Balaban J connectivity index is 1.16. The van der Waals surface area contributed by atoms with Gasteiger partial charge in [-0.05, 0) is 82.0 Å². The second-order valence-electron chi connectivity index (χ2n) is 9.87. The first kappa shape index (κ1) is 18.2. The number of nitrogens with zero attached hydrogens (tertiary/aromatic N) is 1. The largest absolute Gasteiger partial charge is 0.389 e. The van der Waals surface area contributed by atoms with Crippen LogP contribution >= 0.6 is 0 Å². The highest BCUT2D eigenvalue weighted by Crippen LogP contribution is 2.61. The molecular formula is C21H37NO3. The molecule has 25 heavy (non-hydrogen) atoms. The average Bonchev–Trinajstić information content (AvgIpc) is 2.49. The van der Waals surface area contributed by atoms with E-state index in [-0.39, 0.29) is 18.3 Å². The Kier molecular flexibility index (Phi) is 5.43. The third-order valence-corrected chi connectivity index (χ3v) is 7.22.